The summed E-state index contributed by atoms with van der Waals surface area (Å²) in [5.74, 6) is -1.73. The maximum Gasteiger partial charge on any atom is 0.303 e. The molecule has 0 radical (unpaired) electrons. The number of halogens is 1. The molecule has 23 heavy (non-hydrogen) atoms. The van der Waals surface area contributed by atoms with Crippen molar-refractivity contribution >= 4 is 11.9 Å². The Bertz CT molecular complexity index is 579. The first-order chi connectivity index (χ1) is 11.0. The summed E-state index contributed by atoms with van der Waals surface area (Å²) in [7, 11) is 0. The molecule has 1 saturated heterocycles. The Morgan fingerprint density at radius 3 is 2.70 bits per heavy atom. The number of benzene rings is 1. The number of amides is 1. The van der Waals surface area contributed by atoms with Crippen LogP contribution in [0.1, 0.15) is 18.4 Å². The van der Waals surface area contributed by atoms with Gasteiger partial charge in [0.25, 0.3) is 0 Å². The molecule has 0 bridgehead atoms. The van der Waals surface area contributed by atoms with Crippen LogP contribution in [-0.4, -0.2) is 58.9 Å². The number of carboxylic acid groups (broad SMARTS) is 1. The topological polar surface area (TPSA) is 87.1 Å². The van der Waals surface area contributed by atoms with Gasteiger partial charge >= 0.3 is 5.97 Å². The van der Waals surface area contributed by atoms with E-state index < -0.39 is 17.4 Å². The lowest BCUT2D eigenvalue weighted by Gasteiger charge is -2.42. The van der Waals surface area contributed by atoms with Crippen molar-refractivity contribution in [1.82, 2.24) is 4.90 Å². The number of carbonyl (C=O) groups excluding carboxylic acids is 1. The molecule has 7 heteroatoms. The van der Waals surface area contributed by atoms with E-state index in [0.717, 1.165) is 0 Å². The number of aliphatic carboxylic acids is 1. The SMILES string of the molecule is O=C(O)CCC(=O)N1CCO[C@@](CO)(Cc2ccccc2F)C1. The van der Waals surface area contributed by atoms with E-state index in [2.05, 4.69) is 0 Å². The number of rotatable bonds is 6. The van der Waals surface area contributed by atoms with Crippen LogP contribution < -0.4 is 0 Å². The fraction of sp³-hybridized carbons (Fsp3) is 0.500. The van der Waals surface area contributed by atoms with E-state index in [4.69, 9.17) is 9.84 Å². The van der Waals surface area contributed by atoms with Crippen molar-refractivity contribution in [3.63, 3.8) is 0 Å². The highest BCUT2D eigenvalue weighted by atomic mass is 19.1. The Morgan fingerprint density at radius 1 is 1.30 bits per heavy atom. The number of morpholine rings is 1. The number of nitrogens with zero attached hydrogens (tertiary/aromatic N) is 1. The van der Waals surface area contributed by atoms with Crippen LogP contribution in [0.3, 0.4) is 0 Å². The lowest BCUT2D eigenvalue weighted by atomic mass is 9.92. The molecule has 1 aliphatic rings. The molecule has 2 rings (SSSR count). The van der Waals surface area contributed by atoms with Crippen molar-refractivity contribution in [2.45, 2.75) is 24.9 Å². The molecule has 0 unspecified atom stereocenters. The van der Waals surface area contributed by atoms with Crippen molar-refractivity contribution in [3.8, 4) is 0 Å². The highest BCUT2D eigenvalue weighted by Crippen LogP contribution is 2.25. The van der Waals surface area contributed by atoms with Gasteiger partial charge in [-0.05, 0) is 11.6 Å². The standard InChI is InChI=1S/C16H20FNO5/c17-13-4-2-1-3-12(13)9-16(11-19)10-18(7-8-23-16)14(20)5-6-15(21)22/h1-4,19H,5-11H2,(H,21,22)/t16-/m0/s1. The fourth-order valence-electron chi connectivity index (χ4n) is 2.68. The predicted molar refractivity (Wildman–Crippen MR) is 79.3 cm³/mol. The summed E-state index contributed by atoms with van der Waals surface area (Å²) in [6.45, 7) is 0.297. The van der Waals surface area contributed by atoms with Crippen LogP contribution in [0.4, 0.5) is 4.39 Å². The molecule has 0 saturated carbocycles. The number of aliphatic hydroxyl groups excluding tert-OH is 1. The van der Waals surface area contributed by atoms with Crippen molar-refractivity contribution in [3.05, 3.63) is 35.6 Å². The summed E-state index contributed by atoms with van der Waals surface area (Å²) in [5.41, 5.74) is -0.666. The van der Waals surface area contributed by atoms with Crippen molar-refractivity contribution in [2.24, 2.45) is 0 Å². The molecule has 1 aliphatic heterocycles. The molecule has 1 atom stereocenters. The summed E-state index contributed by atoms with van der Waals surface area (Å²) in [4.78, 5) is 24.1. The second-order valence-corrected chi connectivity index (χ2v) is 5.67. The first kappa shape index (κ1) is 17.4. The van der Waals surface area contributed by atoms with Gasteiger partial charge in [-0.1, -0.05) is 18.2 Å². The van der Waals surface area contributed by atoms with E-state index in [1.54, 1.807) is 18.2 Å². The number of carbonyl (C=O) groups is 2. The normalized spacial score (nSPS) is 21.2. The van der Waals surface area contributed by atoms with Gasteiger partial charge in [0.15, 0.2) is 0 Å². The Balaban J connectivity index is 2.08. The summed E-state index contributed by atoms with van der Waals surface area (Å²) < 4.78 is 19.5. The average molecular weight is 325 g/mol. The lowest BCUT2D eigenvalue weighted by molar-refractivity contribution is -0.159. The zero-order valence-corrected chi connectivity index (χ0v) is 12.7. The van der Waals surface area contributed by atoms with Crippen molar-refractivity contribution in [2.75, 3.05) is 26.3 Å². The first-order valence-electron chi connectivity index (χ1n) is 7.43. The molecule has 0 aliphatic carbocycles. The van der Waals surface area contributed by atoms with Gasteiger partial charge in [-0.25, -0.2) is 4.39 Å². The van der Waals surface area contributed by atoms with E-state index in [1.165, 1.54) is 11.0 Å². The largest absolute Gasteiger partial charge is 0.481 e. The molecule has 126 valence electrons. The Morgan fingerprint density at radius 2 is 2.04 bits per heavy atom. The van der Waals surface area contributed by atoms with Crippen molar-refractivity contribution < 1.29 is 28.9 Å². The zero-order valence-electron chi connectivity index (χ0n) is 12.7. The first-order valence-corrected chi connectivity index (χ1v) is 7.43. The van der Waals surface area contributed by atoms with Gasteiger partial charge < -0.3 is 19.8 Å². The van der Waals surface area contributed by atoms with Gasteiger partial charge in [0.2, 0.25) is 5.91 Å². The minimum atomic E-state index is -1.07. The summed E-state index contributed by atoms with van der Waals surface area (Å²) in [6, 6.07) is 6.22. The van der Waals surface area contributed by atoms with Crippen LogP contribution in [0.5, 0.6) is 0 Å². The highest BCUT2D eigenvalue weighted by molar-refractivity contribution is 5.80. The third-order valence-electron chi connectivity index (χ3n) is 3.91. The molecule has 1 aromatic carbocycles. The van der Waals surface area contributed by atoms with E-state index in [-0.39, 0.29) is 44.9 Å². The van der Waals surface area contributed by atoms with Gasteiger partial charge in [-0.2, -0.15) is 0 Å². The van der Waals surface area contributed by atoms with Gasteiger partial charge in [0, 0.05) is 19.4 Å². The smallest absolute Gasteiger partial charge is 0.303 e. The molecule has 2 N–H and O–H groups in total. The van der Waals surface area contributed by atoms with Gasteiger partial charge in [-0.15, -0.1) is 0 Å². The van der Waals surface area contributed by atoms with Gasteiger partial charge in [0.05, 0.1) is 26.2 Å². The van der Waals surface area contributed by atoms with Crippen LogP contribution in [0, 0.1) is 5.82 Å². The van der Waals surface area contributed by atoms with E-state index in [1.807, 2.05) is 0 Å². The molecule has 1 amide bonds. The van der Waals surface area contributed by atoms with Crippen LogP contribution in [0.2, 0.25) is 0 Å². The molecule has 1 aromatic rings. The second kappa shape index (κ2) is 7.52. The van der Waals surface area contributed by atoms with Crippen molar-refractivity contribution in [1.29, 1.82) is 0 Å². The van der Waals surface area contributed by atoms with Crippen LogP contribution in [0.15, 0.2) is 24.3 Å². The van der Waals surface area contributed by atoms with E-state index in [9.17, 15) is 19.1 Å². The number of hydrogen-bond donors (Lipinski definition) is 2. The van der Waals surface area contributed by atoms with Crippen LogP contribution in [-0.2, 0) is 20.7 Å². The minimum Gasteiger partial charge on any atom is -0.481 e. The minimum absolute atomic E-state index is 0.101. The monoisotopic (exact) mass is 325 g/mol. The number of hydrogen-bond acceptors (Lipinski definition) is 4. The summed E-state index contributed by atoms with van der Waals surface area (Å²) in [6.07, 6.45) is -0.203. The quantitative estimate of drug-likeness (QED) is 0.809. The highest BCUT2D eigenvalue weighted by Gasteiger charge is 2.38. The molecule has 0 spiro atoms. The average Bonchev–Trinajstić information content (AvgIpc) is 2.55. The summed E-state index contributed by atoms with van der Waals surface area (Å²) in [5, 5.41) is 18.4. The molecule has 1 heterocycles. The molecular formula is C16H20FNO5. The summed E-state index contributed by atoms with van der Waals surface area (Å²) >= 11 is 0. The Hall–Kier alpha value is -1.99. The molecular weight excluding hydrogens is 305 g/mol. The molecule has 1 fully saturated rings. The van der Waals surface area contributed by atoms with E-state index in [0.29, 0.717) is 12.1 Å². The second-order valence-electron chi connectivity index (χ2n) is 5.67. The van der Waals surface area contributed by atoms with Crippen LogP contribution >= 0.6 is 0 Å². The zero-order chi connectivity index (χ0) is 16.9. The lowest BCUT2D eigenvalue weighted by Crippen LogP contribution is -2.57. The maximum absolute atomic E-state index is 13.8. The maximum atomic E-state index is 13.8. The number of aliphatic hydroxyl groups is 1. The Kier molecular flexibility index (Phi) is 5.68. The third-order valence-corrected chi connectivity index (χ3v) is 3.91. The number of carboxylic acids is 1. The molecule has 6 nitrogen and oxygen atoms in total. The van der Waals surface area contributed by atoms with Gasteiger partial charge in [-0.3, -0.25) is 9.59 Å². The predicted octanol–water partition coefficient (Wildman–Crippen LogP) is 0.823. The third kappa shape index (κ3) is 4.49. The number of ether oxygens (including phenoxy) is 1. The van der Waals surface area contributed by atoms with Crippen LogP contribution in [0.25, 0.3) is 0 Å². The Labute approximate surface area is 133 Å². The van der Waals surface area contributed by atoms with E-state index >= 15 is 0 Å². The molecule has 0 aromatic heterocycles. The van der Waals surface area contributed by atoms with Gasteiger partial charge in [0.1, 0.15) is 11.4 Å². The fourth-order valence-corrected chi connectivity index (χ4v) is 2.68.